The second-order valence-corrected chi connectivity index (χ2v) is 7.08. The van der Waals surface area contributed by atoms with Gasteiger partial charge in [-0.25, -0.2) is 0 Å². The molecule has 18 heavy (non-hydrogen) atoms. The van der Waals surface area contributed by atoms with Gasteiger partial charge in [-0.1, -0.05) is 0 Å². The first kappa shape index (κ1) is 12.9. The normalized spacial score (nSPS) is 45.8. The predicted octanol–water partition coefficient (Wildman–Crippen LogP) is 0.221. The topological polar surface area (TPSA) is 58.5 Å². The Labute approximate surface area is 111 Å². The molecule has 0 aromatic heterocycles. The molecule has 3 fully saturated rings. The molecule has 2 heterocycles. The van der Waals surface area contributed by atoms with Gasteiger partial charge in [-0.05, 0) is 45.1 Å². The van der Waals surface area contributed by atoms with Crippen LogP contribution in [0.15, 0.2) is 0 Å². The van der Waals surface area contributed by atoms with E-state index in [1.54, 1.807) is 0 Å². The Bertz CT molecular complexity index is 302. The first-order valence-electron chi connectivity index (χ1n) is 7.54. The van der Waals surface area contributed by atoms with Crippen LogP contribution in [0.2, 0.25) is 0 Å². The highest BCUT2D eigenvalue weighted by Crippen LogP contribution is 2.36. The van der Waals surface area contributed by atoms with Crippen molar-refractivity contribution in [3.05, 3.63) is 0 Å². The van der Waals surface area contributed by atoms with Gasteiger partial charge in [0, 0.05) is 43.8 Å². The summed E-state index contributed by atoms with van der Waals surface area (Å²) >= 11 is 0. The molecule has 0 spiro atoms. The predicted molar refractivity (Wildman–Crippen MR) is 74.3 cm³/mol. The van der Waals surface area contributed by atoms with E-state index in [1.807, 2.05) is 0 Å². The molecule has 2 aliphatic heterocycles. The first-order valence-corrected chi connectivity index (χ1v) is 7.54. The molecule has 0 aromatic rings. The van der Waals surface area contributed by atoms with E-state index in [1.165, 1.54) is 51.9 Å². The molecule has 4 unspecified atom stereocenters. The van der Waals surface area contributed by atoms with E-state index in [2.05, 4.69) is 16.7 Å². The zero-order valence-corrected chi connectivity index (χ0v) is 11.6. The highest BCUT2D eigenvalue weighted by Gasteiger charge is 2.42. The van der Waals surface area contributed by atoms with Crippen LogP contribution < -0.4 is 11.5 Å². The third-order valence-electron chi connectivity index (χ3n) is 5.22. The summed E-state index contributed by atoms with van der Waals surface area (Å²) < 4.78 is 0. The van der Waals surface area contributed by atoms with Gasteiger partial charge in [0.15, 0.2) is 0 Å². The fraction of sp³-hybridized carbons (Fsp3) is 1.00. The number of hydrogen-bond donors (Lipinski definition) is 2. The highest BCUT2D eigenvalue weighted by atomic mass is 15.2. The maximum atomic E-state index is 6.26. The first-order chi connectivity index (χ1) is 8.53. The van der Waals surface area contributed by atoms with E-state index in [9.17, 15) is 0 Å². The van der Waals surface area contributed by atoms with Gasteiger partial charge in [0.1, 0.15) is 0 Å². The minimum absolute atomic E-state index is 0.0324. The summed E-state index contributed by atoms with van der Waals surface area (Å²) in [6.45, 7) is 8.12. The van der Waals surface area contributed by atoms with Crippen LogP contribution in [-0.2, 0) is 0 Å². The van der Waals surface area contributed by atoms with Gasteiger partial charge in [-0.2, -0.15) is 0 Å². The summed E-state index contributed by atoms with van der Waals surface area (Å²) in [5.41, 5.74) is 12.4. The van der Waals surface area contributed by atoms with Crippen LogP contribution in [0.5, 0.6) is 0 Å². The molecule has 4 N–H and O–H groups in total. The number of piperidine rings is 2. The van der Waals surface area contributed by atoms with Crippen LogP contribution >= 0.6 is 0 Å². The minimum Gasteiger partial charge on any atom is -0.327 e. The van der Waals surface area contributed by atoms with Crippen LogP contribution in [0.1, 0.15) is 32.6 Å². The maximum absolute atomic E-state index is 6.26. The van der Waals surface area contributed by atoms with Crippen molar-refractivity contribution in [1.29, 1.82) is 0 Å². The molecule has 4 heteroatoms. The molecule has 4 nitrogen and oxygen atoms in total. The minimum atomic E-state index is 0.0324. The molecular formula is C14H28N4. The zero-order valence-electron chi connectivity index (χ0n) is 11.6. The van der Waals surface area contributed by atoms with E-state index in [4.69, 9.17) is 11.5 Å². The lowest BCUT2D eigenvalue weighted by atomic mass is 9.92. The Hall–Kier alpha value is -0.160. The Morgan fingerprint density at radius 3 is 2.72 bits per heavy atom. The lowest BCUT2D eigenvalue weighted by Crippen LogP contribution is -2.53. The summed E-state index contributed by atoms with van der Waals surface area (Å²) in [5.74, 6) is 0.774. The van der Waals surface area contributed by atoms with Crippen molar-refractivity contribution < 1.29 is 0 Å². The molecule has 3 rings (SSSR count). The summed E-state index contributed by atoms with van der Waals surface area (Å²) in [6.07, 6.45) is 4.99. The fourth-order valence-electron chi connectivity index (χ4n) is 4.20. The monoisotopic (exact) mass is 252 g/mol. The van der Waals surface area contributed by atoms with Crippen molar-refractivity contribution in [2.24, 2.45) is 17.4 Å². The second kappa shape index (κ2) is 4.75. The van der Waals surface area contributed by atoms with Gasteiger partial charge in [-0.15, -0.1) is 0 Å². The lowest BCUT2D eigenvalue weighted by Gasteiger charge is -2.39. The van der Waals surface area contributed by atoms with E-state index < -0.39 is 0 Å². The largest absolute Gasteiger partial charge is 0.327 e. The molecule has 1 aliphatic carbocycles. The van der Waals surface area contributed by atoms with Crippen molar-refractivity contribution in [2.45, 2.75) is 50.2 Å². The molecule has 3 aliphatic rings. The number of likely N-dealkylation sites (tertiary alicyclic amines) is 2. The van der Waals surface area contributed by atoms with Gasteiger partial charge in [0.05, 0.1) is 0 Å². The van der Waals surface area contributed by atoms with Gasteiger partial charge >= 0.3 is 0 Å². The van der Waals surface area contributed by atoms with Gasteiger partial charge in [0.2, 0.25) is 0 Å². The van der Waals surface area contributed by atoms with Crippen molar-refractivity contribution >= 4 is 0 Å². The molecular weight excluding hydrogens is 224 g/mol. The summed E-state index contributed by atoms with van der Waals surface area (Å²) in [4.78, 5) is 5.21. The van der Waals surface area contributed by atoms with Crippen LogP contribution in [-0.4, -0.2) is 60.1 Å². The zero-order chi connectivity index (χ0) is 12.8. The van der Waals surface area contributed by atoms with Gasteiger partial charge in [0.25, 0.3) is 0 Å². The molecule has 4 atom stereocenters. The van der Waals surface area contributed by atoms with Crippen molar-refractivity contribution in [3.8, 4) is 0 Å². The molecule has 1 saturated carbocycles. The molecule has 2 saturated heterocycles. The van der Waals surface area contributed by atoms with Crippen LogP contribution in [0.25, 0.3) is 0 Å². The maximum Gasteiger partial charge on any atom is 0.0255 e. The van der Waals surface area contributed by atoms with Gasteiger partial charge < -0.3 is 16.4 Å². The Kier molecular flexibility index (Phi) is 3.39. The van der Waals surface area contributed by atoms with E-state index >= 15 is 0 Å². The summed E-state index contributed by atoms with van der Waals surface area (Å²) in [6, 6.07) is 1.26. The Morgan fingerprint density at radius 1 is 1.28 bits per heavy atom. The fourth-order valence-corrected chi connectivity index (χ4v) is 4.20. The van der Waals surface area contributed by atoms with Crippen molar-refractivity contribution in [1.82, 2.24) is 9.80 Å². The smallest absolute Gasteiger partial charge is 0.0255 e. The second-order valence-electron chi connectivity index (χ2n) is 7.08. The quantitative estimate of drug-likeness (QED) is 0.754. The van der Waals surface area contributed by atoms with Crippen LogP contribution in [0, 0.1) is 5.92 Å². The average Bonchev–Trinajstić information content (AvgIpc) is 2.83. The third-order valence-corrected chi connectivity index (χ3v) is 5.22. The van der Waals surface area contributed by atoms with Crippen LogP contribution in [0.4, 0.5) is 0 Å². The molecule has 0 radical (unpaired) electrons. The van der Waals surface area contributed by atoms with E-state index in [0.717, 1.165) is 18.5 Å². The summed E-state index contributed by atoms with van der Waals surface area (Å²) in [5, 5.41) is 0. The Morgan fingerprint density at radius 2 is 2.11 bits per heavy atom. The molecule has 0 aromatic carbocycles. The Balaban J connectivity index is 1.45. The van der Waals surface area contributed by atoms with Crippen molar-refractivity contribution in [3.63, 3.8) is 0 Å². The van der Waals surface area contributed by atoms with E-state index in [0.29, 0.717) is 6.04 Å². The van der Waals surface area contributed by atoms with Crippen LogP contribution in [0.3, 0.4) is 0 Å². The highest BCUT2D eigenvalue weighted by molar-refractivity contribution is 4.99. The lowest BCUT2D eigenvalue weighted by molar-refractivity contribution is 0.123. The number of hydrogen-bond acceptors (Lipinski definition) is 4. The average molecular weight is 252 g/mol. The number of nitrogens with zero attached hydrogens (tertiary/aromatic N) is 2. The molecule has 2 bridgehead atoms. The third kappa shape index (κ3) is 2.57. The van der Waals surface area contributed by atoms with E-state index in [-0.39, 0.29) is 5.54 Å². The van der Waals surface area contributed by atoms with Crippen molar-refractivity contribution in [2.75, 3.05) is 32.7 Å². The molecule has 0 amide bonds. The summed E-state index contributed by atoms with van der Waals surface area (Å²) in [7, 11) is 0. The standard InChI is InChI=1S/C14H28N4/c1-14(16)3-2-4-17(10-14)5-6-18-9-11-7-12(18)8-13(11)15/h11-13H,2-10,15-16H2,1H3. The number of fused-ring (bicyclic) bond motifs is 2. The molecule has 104 valence electrons. The SMILES string of the molecule is CC1(N)CCCN(CCN2CC3CC2CC3N)C1. The van der Waals surface area contributed by atoms with Gasteiger partial charge in [-0.3, -0.25) is 4.90 Å². The number of nitrogens with two attached hydrogens (primary N) is 2. The number of rotatable bonds is 3.